The first kappa shape index (κ1) is 17.0. The number of halogens is 3. The Morgan fingerprint density at radius 3 is 2.30 bits per heavy atom. The molecule has 0 aliphatic heterocycles. The number of hydrogen-bond acceptors (Lipinski definition) is 2. The molecule has 0 spiro atoms. The van der Waals surface area contributed by atoms with E-state index in [9.17, 15) is 13.2 Å². The predicted molar refractivity (Wildman–Crippen MR) is 73.0 cm³/mol. The van der Waals surface area contributed by atoms with Crippen LogP contribution in [0.4, 0.5) is 13.2 Å². The van der Waals surface area contributed by atoms with Gasteiger partial charge in [-0.3, -0.25) is 0 Å². The van der Waals surface area contributed by atoms with Crippen molar-refractivity contribution in [2.75, 3.05) is 20.3 Å². The van der Waals surface area contributed by atoms with E-state index in [0.717, 1.165) is 31.5 Å². The van der Waals surface area contributed by atoms with Crippen molar-refractivity contribution in [3.05, 3.63) is 35.1 Å². The maximum absolute atomic E-state index is 13.4. The second-order valence-electron chi connectivity index (χ2n) is 4.99. The molecule has 0 heterocycles. The van der Waals surface area contributed by atoms with Crippen LogP contribution in [0.1, 0.15) is 38.3 Å². The fourth-order valence-corrected chi connectivity index (χ4v) is 2.17. The van der Waals surface area contributed by atoms with Crippen LogP contribution in [0.5, 0.6) is 0 Å². The third-order valence-electron chi connectivity index (χ3n) is 3.33. The second kappa shape index (κ2) is 8.27. The molecule has 2 unspecified atom stereocenters. The van der Waals surface area contributed by atoms with Crippen LogP contribution >= 0.6 is 0 Å². The molecule has 0 saturated heterocycles. The van der Waals surface area contributed by atoms with Crippen LogP contribution in [0.25, 0.3) is 0 Å². The summed E-state index contributed by atoms with van der Waals surface area (Å²) in [5, 5.41) is 3.26. The molecule has 1 N–H and O–H groups in total. The van der Waals surface area contributed by atoms with Crippen molar-refractivity contribution in [3.8, 4) is 0 Å². The topological polar surface area (TPSA) is 21.3 Å². The molecule has 0 aromatic heterocycles. The third-order valence-corrected chi connectivity index (χ3v) is 3.33. The molecule has 2 atom stereocenters. The zero-order valence-corrected chi connectivity index (χ0v) is 12.2. The first-order chi connectivity index (χ1) is 9.51. The van der Waals surface area contributed by atoms with Crippen LogP contribution in [0, 0.1) is 23.4 Å². The summed E-state index contributed by atoms with van der Waals surface area (Å²) in [5.41, 5.74) is 0.429. The highest BCUT2D eigenvalue weighted by Crippen LogP contribution is 2.27. The van der Waals surface area contributed by atoms with Gasteiger partial charge in [0.15, 0.2) is 17.5 Å². The van der Waals surface area contributed by atoms with Gasteiger partial charge in [-0.25, -0.2) is 13.2 Å². The van der Waals surface area contributed by atoms with Gasteiger partial charge in [-0.1, -0.05) is 13.8 Å². The third kappa shape index (κ3) is 4.49. The van der Waals surface area contributed by atoms with Crippen LogP contribution in [-0.4, -0.2) is 20.3 Å². The Morgan fingerprint density at radius 1 is 1.20 bits per heavy atom. The van der Waals surface area contributed by atoms with Gasteiger partial charge in [-0.05, 0) is 43.0 Å². The van der Waals surface area contributed by atoms with Crippen molar-refractivity contribution < 1.29 is 17.9 Å². The van der Waals surface area contributed by atoms with E-state index >= 15 is 0 Å². The molecule has 20 heavy (non-hydrogen) atoms. The molecule has 114 valence electrons. The van der Waals surface area contributed by atoms with Crippen molar-refractivity contribution >= 4 is 0 Å². The number of nitrogens with one attached hydrogen (secondary N) is 1. The number of hydrogen-bond donors (Lipinski definition) is 1. The number of benzene rings is 1. The summed E-state index contributed by atoms with van der Waals surface area (Å²) in [7, 11) is 1.61. The molecule has 1 aromatic rings. The summed E-state index contributed by atoms with van der Waals surface area (Å²) < 4.78 is 44.8. The van der Waals surface area contributed by atoms with E-state index in [1.807, 2.05) is 13.8 Å². The average Bonchev–Trinajstić information content (AvgIpc) is 2.42. The Morgan fingerprint density at radius 2 is 1.80 bits per heavy atom. The predicted octanol–water partition coefficient (Wildman–Crippen LogP) is 3.82. The largest absolute Gasteiger partial charge is 0.385 e. The van der Waals surface area contributed by atoms with Gasteiger partial charge in [0.25, 0.3) is 0 Å². The van der Waals surface area contributed by atoms with E-state index in [1.165, 1.54) is 0 Å². The van der Waals surface area contributed by atoms with Crippen LogP contribution in [-0.2, 0) is 4.74 Å². The maximum Gasteiger partial charge on any atom is 0.194 e. The maximum atomic E-state index is 13.4. The van der Waals surface area contributed by atoms with Gasteiger partial charge in [0.1, 0.15) is 0 Å². The molecule has 1 rings (SSSR count). The molecule has 0 aliphatic rings. The lowest BCUT2D eigenvalue weighted by Crippen LogP contribution is -2.28. The SMILES string of the molecule is CCCNC(c1cc(F)c(F)c(F)c1)C(C)CCOC. The van der Waals surface area contributed by atoms with Gasteiger partial charge >= 0.3 is 0 Å². The van der Waals surface area contributed by atoms with E-state index < -0.39 is 17.5 Å². The summed E-state index contributed by atoms with van der Waals surface area (Å²) in [6, 6.07) is 1.90. The smallest absolute Gasteiger partial charge is 0.194 e. The van der Waals surface area contributed by atoms with Crippen molar-refractivity contribution in [1.29, 1.82) is 0 Å². The Balaban J connectivity index is 2.97. The molecule has 2 nitrogen and oxygen atoms in total. The van der Waals surface area contributed by atoms with Gasteiger partial charge in [0, 0.05) is 19.8 Å². The van der Waals surface area contributed by atoms with Gasteiger partial charge in [-0.15, -0.1) is 0 Å². The molecular formula is C15H22F3NO. The summed E-state index contributed by atoms with van der Waals surface area (Å²) in [4.78, 5) is 0. The van der Waals surface area contributed by atoms with Gasteiger partial charge in [0.2, 0.25) is 0 Å². The molecule has 0 aliphatic carbocycles. The van der Waals surface area contributed by atoms with Gasteiger partial charge in [0.05, 0.1) is 0 Å². The monoisotopic (exact) mass is 289 g/mol. The first-order valence-corrected chi connectivity index (χ1v) is 6.88. The Hall–Kier alpha value is -1.07. The molecule has 0 radical (unpaired) electrons. The Bertz CT molecular complexity index is 403. The van der Waals surface area contributed by atoms with E-state index in [2.05, 4.69) is 5.32 Å². The first-order valence-electron chi connectivity index (χ1n) is 6.88. The van der Waals surface area contributed by atoms with E-state index in [0.29, 0.717) is 12.2 Å². The molecule has 0 saturated carbocycles. The van der Waals surface area contributed by atoms with Gasteiger partial charge < -0.3 is 10.1 Å². The summed E-state index contributed by atoms with van der Waals surface area (Å²) in [6.07, 6.45) is 1.65. The summed E-state index contributed by atoms with van der Waals surface area (Å²) in [6.45, 7) is 5.28. The fraction of sp³-hybridized carbons (Fsp3) is 0.600. The molecule has 1 aromatic carbocycles. The summed E-state index contributed by atoms with van der Waals surface area (Å²) >= 11 is 0. The highest BCUT2D eigenvalue weighted by Gasteiger charge is 2.22. The molecular weight excluding hydrogens is 267 g/mol. The lowest BCUT2D eigenvalue weighted by molar-refractivity contribution is 0.170. The zero-order chi connectivity index (χ0) is 15.1. The molecule has 0 amide bonds. The lowest BCUT2D eigenvalue weighted by Gasteiger charge is -2.26. The van der Waals surface area contributed by atoms with Crippen LogP contribution in [0.2, 0.25) is 0 Å². The highest BCUT2D eigenvalue weighted by molar-refractivity contribution is 5.23. The van der Waals surface area contributed by atoms with Crippen LogP contribution in [0.3, 0.4) is 0 Å². The zero-order valence-electron chi connectivity index (χ0n) is 12.2. The van der Waals surface area contributed by atoms with E-state index in [-0.39, 0.29) is 12.0 Å². The Labute approximate surface area is 118 Å². The highest BCUT2D eigenvalue weighted by atomic mass is 19.2. The minimum atomic E-state index is -1.42. The van der Waals surface area contributed by atoms with Crippen molar-refractivity contribution in [1.82, 2.24) is 5.32 Å². The standard InChI is InChI=1S/C15H22F3NO/c1-4-6-19-15(10(2)5-7-20-3)11-8-12(16)14(18)13(17)9-11/h8-10,15,19H,4-7H2,1-3H3. The van der Waals surface area contributed by atoms with Gasteiger partial charge in [-0.2, -0.15) is 0 Å². The second-order valence-corrected chi connectivity index (χ2v) is 4.99. The van der Waals surface area contributed by atoms with Crippen molar-refractivity contribution in [2.24, 2.45) is 5.92 Å². The number of rotatable bonds is 8. The minimum Gasteiger partial charge on any atom is -0.385 e. The van der Waals surface area contributed by atoms with Crippen molar-refractivity contribution in [3.63, 3.8) is 0 Å². The number of methoxy groups -OCH3 is 1. The molecule has 5 heteroatoms. The molecule has 0 fully saturated rings. The van der Waals surface area contributed by atoms with E-state index in [4.69, 9.17) is 4.74 Å². The lowest BCUT2D eigenvalue weighted by atomic mass is 9.91. The summed E-state index contributed by atoms with van der Waals surface area (Å²) in [5.74, 6) is -3.61. The quantitative estimate of drug-likeness (QED) is 0.735. The van der Waals surface area contributed by atoms with Crippen LogP contribution < -0.4 is 5.32 Å². The Kier molecular flexibility index (Phi) is 7.02. The molecule has 0 bridgehead atoms. The minimum absolute atomic E-state index is 0.116. The fourth-order valence-electron chi connectivity index (χ4n) is 2.17. The van der Waals surface area contributed by atoms with E-state index in [1.54, 1.807) is 7.11 Å². The number of ether oxygens (including phenoxy) is 1. The average molecular weight is 289 g/mol. The van der Waals surface area contributed by atoms with Crippen LogP contribution in [0.15, 0.2) is 12.1 Å². The van der Waals surface area contributed by atoms with Crippen molar-refractivity contribution in [2.45, 2.75) is 32.7 Å². The normalized spacial score (nSPS) is 14.3.